The highest BCUT2D eigenvalue weighted by molar-refractivity contribution is 14.1. The predicted molar refractivity (Wildman–Crippen MR) is 99.0 cm³/mol. The second-order valence-corrected chi connectivity index (χ2v) is 6.51. The number of anilines is 1. The van der Waals surface area contributed by atoms with Gasteiger partial charge in [-0.25, -0.2) is 0 Å². The van der Waals surface area contributed by atoms with E-state index >= 15 is 0 Å². The summed E-state index contributed by atoms with van der Waals surface area (Å²) in [6.07, 6.45) is 1.42. The van der Waals surface area contributed by atoms with Gasteiger partial charge in [0.05, 0.1) is 5.02 Å². The number of carbonyl (C=O) groups excluding carboxylic acids is 1. The molecule has 120 valence electrons. The molecule has 1 aliphatic heterocycles. The number of fused-ring (bicyclic) bond motifs is 1. The van der Waals surface area contributed by atoms with E-state index in [1.807, 2.05) is 18.2 Å². The van der Waals surface area contributed by atoms with Crippen LogP contribution in [0.4, 0.5) is 5.69 Å². The molecule has 0 bridgehead atoms. The summed E-state index contributed by atoms with van der Waals surface area (Å²) in [5.74, 6) is 0.562. The number of nitrogens with one attached hydrogen (secondary N) is 1. The van der Waals surface area contributed by atoms with Crippen molar-refractivity contribution in [2.24, 2.45) is 0 Å². The molecule has 7 heteroatoms. The molecule has 2 aromatic carbocycles. The Labute approximate surface area is 157 Å². The molecule has 0 fully saturated rings. The van der Waals surface area contributed by atoms with Crippen molar-refractivity contribution in [3.05, 3.63) is 56.1 Å². The molecule has 0 spiro atoms. The molecule has 0 atom stereocenters. The van der Waals surface area contributed by atoms with Crippen LogP contribution in [-0.4, -0.2) is 12.7 Å². The molecule has 2 aromatic rings. The maximum Gasteiger partial charge on any atom is 0.266 e. The average molecular weight is 453 g/mol. The summed E-state index contributed by atoms with van der Waals surface area (Å²) in [7, 11) is 0. The van der Waals surface area contributed by atoms with Crippen molar-refractivity contribution in [3.8, 4) is 17.6 Å². The quantitative estimate of drug-likeness (QED) is 0.430. The summed E-state index contributed by atoms with van der Waals surface area (Å²) >= 11 is 8.34. The van der Waals surface area contributed by atoms with Gasteiger partial charge in [-0.3, -0.25) is 4.79 Å². The van der Waals surface area contributed by atoms with Crippen LogP contribution in [-0.2, 0) is 4.79 Å². The predicted octanol–water partition coefficient (Wildman–Crippen LogP) is 4.22. The van der Waals surface area contributed by atoms with Gasteiger partial charge >= 0.3 is 0 Å². The lowest BCUT2D eigenvalue weighted by atomic mass is 10.1. The summed E-state index contributed by atoms with van der Waals surface area (Å²) in [5, 5.41) is 12.3. The number of hydrogen-bond donors (Lipinski definition) is 1. The van der Waals surface area contributed by atoms with Gasteiger partial charge in [-0.15, -0.1) is 0 Å². The number of halogens is 2. The first-order valence-electron chi connectivity index (χ1n) is 6.84. The monoisotopic (exact) mass is 452 g/mol. The molecule has 5 nitrogen and oxygen atoms in total. The molecule has 1 amide bonds. The molecule has 0 radical (unpaired) electrons. The van der Waals surface area contributed by atoms with Crippen molar-refractivity contribution in [2.45, 2.75) is 0 Å². The van der Waals surface area contributed by atoms with E-state index in [4.69, 9.17) is 21.1 Å². The minimum atomic E-state index is -0.507. The van der Waals surface area contributed by atoms with Gasteiger partial charge in [0.1, 0.15) is 11.6 Å². The van der Waals surface area contributed by atoms with Gasteiger partial charge in [0.25, 0.3) is 5.91 Å². The van der Waals surface area contributed by atoms with Crippen LogP contribution in [0, 0.1) is 14.9 Å². The summed E-state index contributed by atoms with van der Waals surface area (Å²) in [6, 6.07) is 12.4. The van der Waals surface area contributed by atoms with E-state index in [1.54, 1.807) is 24.3 Å². The Morgan fingerprint density at radius 3 is 2.58 bits per heavy atom. The van der Waals surface area contributed by atoms with Gasteiger partial charge in [0.15, 0.2) is 11.5 Å². The van der Waals surface area contributed by atoms with Crippen LogP contribution in [0.25, 0.3) is 6.08 Å². The number of hydrogen-bond acceptors (Lipinski definition) is 4. The zero-order chi connectivity index (χ0) is 17.1. The van der Waals surface area contributed by atoms with Gasteiger partial charge in [-0.05, 0) is 64.6 Å². The lowest BCUT2D eigenvalue weighted by Gasteiger charge is -2.06. The third-order valence-corrected chi connectivity index (χ3v) is 4.31. The summed E-state index contributed by atoms with van der Waals surface area (Å²) in [5.41, 5.74) is 1.06. The molecular formula is C17H10ClIN2O3. The third kappa shape index (κ3) is 3.63. The van der Waals surface area contributed by atoms with Gasteiger partial charge in [0.2, 0.25) is 6.79 Å². The zero-order valence-electron chi connectivity index (χ0n) is 12.2. The maximum absolute atomic E-state index is 12.3. The van der Waals surface area contributed by atoms with Crippen molar-refractivity contribution in [3.63, 3.8) is 0 Å². The third-order valence-electron chi connectivity index (χ3n) is 3.26. The SMILES string of the molecule is N#C/C(=C\c1cc2c(cc1Cl)OCO2)C(=O)Nc1ccc(I)cc1. The van der Waals surface area contributed by atoms with Crippen LogP contribution >= 0.6 is 34.2 Å². The fourth-order valence-electron chi connectivity index (χ4n) is 2.08. The number of ether oxygens (including phenoxy) is 2. The van der Waals surface area contributed by atoms with E-state index in [0.717, 1.165) is 3.57 Å². The molecule has 24 heavy (non-hydrogen) atoms. The summed E-state index contributed by atoms with van der Waals surface area (Å²) < 4.78 is 11.6. The van der Waals surface area contributed by atoms with Crippen LogP contribution in [0.2, 0.25) is 5.02 Å². The molecule has 1 N–H and O–H groups in total. The van der Waals surface area contributed by atoms with E-state index in [0.29, 0.717) is 27.8 Å². The molecule has 0 aliphatic carbocycles. The lowest BCUT2D eigenvalue weighted by molar-refractivity contribution is -0.112. The second kappa shape index (κ2) is 7.11. The molecule has 0 saturated heterocycles. The first kappa shape index (κ1) is 16.6. The Morgan fingerprint density at radius 1 is 1.25 bits per heavy atom. The minimum absolute atomic E-state index is 0.0608. The highest BCUT2D eigenvalue weighted by atomic mass is 127. The smallest absolute Gasteiger partial charge is 0.266 e. The number of benzene rings is 2. The number of amides is 1. The largest absolute Gasteiger partial charge is 0.454 e. The Morgan fingerprint density at radius 2 is 1.92 bits per heavy atom. The van der Waals surface area contributed by atoms with Crippen LogP contribution in [0.1, 0.15) is 5.56 Å². The van der Waals surface area contributed by atoms with Gasteiger partial charge in [0, 0.05) is 15.3 Å². The average Bonchev–Trinajstić information content (AvgIpc) is 3.01. The number of nitriles is 1. The highest BCUT2D eigenvalue weighted by Gasteiger charge is 2.17. The molecule has 1 heterocycles. The fraction of sp³-hybridized carbons (Fsp3) is 0.0588. The topological polar surface area (TPSA) is 71.3 Å². The Balaban J connectivity index is 1.85. The highest BCUT2D eigenvalue weighted by Crippen LogP contribution is 2.37. The van der Waals surface area contributed by atoms with Crippen molar-refractivity contribution in [1.82, 2.24) is 0 Å². The number of nitrogens with zero attached hydrogens (tertiary/aromatic N) is 1. The normalized spacial score (nSPS) is 12.6. The lowest BCUT2D eigenvalue weighted by Crippen LogP contribution is -2.13. The number of carbonyl (C=O) groups is 1. The summed E-state index contributed by atoms with van der Waals surface area (Å²) in [4.78, 5) is 12.3. The molecular weight excluding hydrogens is 443 g/mol. The summed E-state index contributed by atoms with van der Waals surface area (Å²) in [6.45, 7) is 0.122. The molecule has 0 saturated carbocycles. The zero-order valence-corrected chi connectivity index (χ0v) is 15.1. The second-order valence-electron chi connectivity index (χ2n) is 4.86. The van der Waals surface area contributed by atoms with Gasteiger partial charge in [-0.1, -0.05) is 11.6 Å². The molecule has 0 unspecified atom stereocenters. The molecule has 3 rings (SSSR count). The minimum Gasteiger partial charge on any atom is -0.454 e. The Kier molecular flexibility index (Phi) is 4.92. The molecule has 0 aromatic heterocycles. The first-order valence-corrected chi connectivity index (χ1v) is 8.30. The van der Waals surface area contributed by atoms with E-state index in [1.165, 1.54) is 6.08 Å². The first-order chi connectivity index (χ1) is 11.6. The fourth-order valence-corrected chi connectivity index (χ4v) is 2.65. The van der Waals surface area contributed by atoms with Crippen molar-refractivity contribution in [1.29, 1.82) is 5.26 Å². The van der Waals surface area contributed by atoms with Gasteiger partial charge in [-0.2, -0.15) is 5.26 Å². The standard InChI is InChI=1S/C17H10ClIN2O3/c18-14-7-16-15(23-9-24-16)6-10(14)5-11(8-20)17(22)21-13-3-1-12(19)2-4-13/h1-7H,9H2,(H,21,22)/b11-5+. The van der Waals surface area contributed by atoms with Crippen LogP contribution in [0.15, 0.2) is 42.0 Å². The van der Waals surface area contributed by atoms with Crippen molar-refractivity contribution in [2.75, 3.05) is 12.1 Å². The Bertz CT molecular complexity index is 873. The van der Waals surface area contributed by atoms with Crippen LogP contribution in [0.5, 0.6) is 11.5 Å². The molecule has 1 aliphatic rings. The van der Waals surface area contributed by atoms with E-state index in [-0.39, 0.29) is 12.4 Å². The Hall–Kier alpha value is -2.24. The van der Waals surface area contributed by atoms with Crippen molar-refractivity contribution >= 4 is 51.9 Å². The van der Waals surface area contributed by atoms with Crippen LogP contribution in [0.3, 0.4) is 0 Å². The van der Waals surface area contributed by atoms with E-state index < -0.39 is 5.91 Å². The maximum atomic E-state index is 12.3. The van der Waals surface area contributed by atoms with E-state index in [9.17, 15) is 10.1 Å². The van der Waals surface area contributed by atoms with Gasteiger partial charge < -0.3 is 14.8 Å². The van der Waals surface area contributed by atoms with Crippen molar-refractivity contribution < 1.29 is 14.3 Å². The number of rotatable bonds is 3. The van der Waals surface area contributed by atoms with E-state index in [2.05, 4.69) is 27.9 Å². The van der Waals surface area contributed by atoms with Crippen LogP contribution < -0.4 is 14.8 Å².